The van der Waals surface area contributed by atoms with Gasteiger partial charge in [0, 0.05) is 17.5 Å². The van der Waals surface area contributed by atoms with E-state index in [-0.39, 0.29) is 23.2 Å². The molecule has 0 spiro atoms. The van der Waals surface area contributed by atoms with Crippen molar-refractivity contribution in [2.75, 3.05) is 5.01 Å². The summed E-state index contributed by atoms with van der Waals surface area (Å²) in [6, 6.07) is 35.6. The lowest BCUT2D eigenvalue weighted by molar-refractivity contribution is 0.0990. The Hall–Kier alpha value is -4.57. The molecule has 4 aromatic carbocycles. The maximum atomic E-state index is 12.7. The molecule has 0 saturated heterocycles. The third-order valence-corrected chi connectivity index (χ3v) is 6.58. The van der Waals surface area contributed by atoms with Crippen molar-refractivity contribution in [2.45, 2.75) is 12.5 Å². The second kappa shape index (κ2) is 8.65. The molecule has 0 fully saturated rings. The summed E-state index contributed by atoms with van der Waals surface area (Å²) in [6.45, 7) is 0. The van der Waals surface area contributed by atoms with Crippen molar-refractivity contribution in [1.29, 1.82) is 0 Å². The van der Waals surface area contributed by atoms with Crippen LogP contribution in [-0.4, -0.2) is 17.3 Å². The number of rotatable bonds is 4. The average molecular weight is 455 g/mol. The van der Waals surface area contributed by atoms with E-state index in [1.165, 1.54) is 5.56 Å². The van der Waals surface area contributed by atoms with Crippen molar-refractivity contribution in [3.05, 3.63) is 143 Å². The Morgan fingerprint density at radius 1 is 0.686 bits per heavy atom. The van der Waals surface area contributed by atoms with Crippen LogP contribution in [0.3, 0.4) is 0 Å². The quantitative estimate of drug-likeness (QED) is 0.261. The van der Waals surface area contributed by atoms with Gasteiger partial charge in [-0.2, -0.15) is 5.10 Å². The van der Waals surface area contributed by atoms with Crippen molar-refractivity contribution >= 4 is 29.0 Å². The Morgan fingerprint density at radius 3 is 1.89 bits per heavy atom. The minimum atomic E-state index is -0.213. The molecular weight excluding hydrogens is 432 g/mol. The highest BCUT2D eigenvalue weighted by molar-refractivity contribution is 6.41. The molecule has 4 heteroatoms. The summed E-state index contributed by atoms with van der Waals surface area (Å²) in [7, 11) is 0. The van der Waals surface area contributed by atoms with Crippen LogP contribution < -0.4 is 5.01 Å². The average Bonchev–Trinajstić information content (AvgIpc) is 3.47. The fourth-order valence-corrected chi connectivity index (χ4v) is 4.78. The van der Waals surface area contributed by atoms with E-state index in [0.29, 0.717) is 11.1 Å². The molecule has 4 aromatic rings. The number of hydrazone groups is 1. The lowest BCUT2D eigenvalue weighted by Gasteiger charge is -2.24. The normalized spacial score (nSPS) is 16.9. The van der Waals surface area contributed by atoms with Gasteiger partial charge < -0.3 is 0 Å². The molecule has 1 heterocycles. The van der Waals surface area contributed by atoms with E-state index in [4.69, 9.17) is 5.10 Å². The summed E-state index contributed by atoms with van der Waals surface area (Å²) in [5, 5.41) is 7.06. The van der Waals surface area contributed by atoms with E-state index in [9.17, 15) is 9.59 Å². The van der Waals surface area contributed by atoms with Gasteiger partial charge in [0.2, 0.25) is 0 Å². The van der Waals surface area contributed by atoms with Crippen molar-refractivity contribution in [2.24, 2.45) is 5.10 Å². The highest BCUT2D eigenvalue weighted by atomic mass is 16.2. The Bertz CT molecular complexity index is 1450. The van der Waals surface area contributed by atoms with Gasteiger partial charge in [-0.15, -0.1) is 0 Å². The molecule has 6 rings (SSSR count). The minimum Gasteiger partial charge on any atom is -0.288 e. The number of anilines is 1. The SMILES string of the molecule is O=C1C(=Cc2ccc(N3N=C(c4ccccc4)C[C@@H]3c3ccccc3)cc2)C(=O)c2ccccc21. The van der Waals surface area contributed by atoms with E-state index in [2.05, 4.69) is 41.4 Å². The lowest BCUT2D eigenvalue weighted by atomic mass is 9.98. The number of Topliss-reactive ketones (excluding diaryl/α,β-unsaturated/α-hetero) is 2. The molecule has 0 amide bonds. The van der Waals surface area contributed by atoms with Crippen molar-refractivity contribution < 1.29 is 9.59 Å². The number of allylic oxidation sites excluding steroid dienone is 1. The zero-order valence-electron chi connectivity index (χ0n) is 19.0. The summed E-state index contributed by atoms with van der Waals surface area (Å²) < 4.78 is 0. The summed E-state index contributed by atoms with van der Waals surface area (Å²) >= 11 is 0. The standard InChI is InChI=1S/C31H22N2O2/c34-30-25-13-7-8-14-26(25)31(35)27(30)19-21-15-17-24(18-16-21)33-29(23-11-5-2-6-12-23)20-28(32-33)22-9-3-1-4-10-22/h1-19,29H,20H2/t29-/m1/s1. The second-order valence-electron chi connectivity index (χ2n) is 8.74. The van der Waals surface area contributed by atoms with Gasteiger partial charge in [0.1, 0.15) is 0 Å². The monoisotopic (exact) mass is 454 g/mol. The largest absolute Gasteiger partial charge is 0.288 e. The van der Waals surface area contributed by atoms with Gasteiger partial charge in [0.05, 0.1) is 23.0 Å². The van der Waals surface area contributed by atoms with Gasteiger partial charge in [-0.1, -0.05) is 97.1 Å². The van der Waals surface area contributed by atoms with Crippen molar-refractivity contribution in [1.82, 2.24) is 0 Å². The maximum Gasteiger partial charge on any atom is 0.197 e. The van der Waals surface area contributed by atoms with E-state index >= 15 is 0 Å². The molecule has 168 valence electrons. The first-order valence-electron chi connectivity index (χ1n) is 11.7. The molecule has 1 atom stereocenters. The molecule has 0 unspecified atom stereocenters. The van der Waals surface area contributed by atoms with Crippen LogP contribution in [0.2, 0.25) is 0 Å². The first-order chi connectivity index (χ1) is 17.2. The fraction of sp³-hybridized carbons (Fsp3) is 0.0645. The van der Waals surface area contributed by atoms with Crippen LogP contribution in [-0.2, 0) is 0 Å². The van der Waals surface area contributed by atoms with Gasteiger partial charge in [0.15, 0.2) is 11.6 Å². The predicted octanol–water partition coefficient (Wildman–Crippen LogP) is 6.50. The number of benzene rings is 4. The number of nitrogens with zero attached hydrogens (tertiary/aromatic N) is 2. The topological polar surface area (TPSA) is 49.7 Å². The summed E-state index contributed by atoms with van der Waals surface area (Å²) in [5.74, 6) is -0.425. The van der Waals surface area contributed by atoms with Crippen LogP contribution >= 0.6 is 0 Å². The molecule has 0 radical (unpaired) electrons. The van der Waals surface area contributed by atoms with Gasteiger partial charge in [0.25, 0.3) is 0 Å². The molecule has 0 bridgehead atoms. The molecule has 1 aliphatic heterocycles. The van der Waals surface area contributed by atoms with Crippen LogP contribution in [0.4, 0.5) is 5.69 Å². The predicted molar refractivity (Wildman–Crippen MR) is 139 cm³/mol. The lowest BCUT2D eigenvalue weighted by Crippen LogP contribution is -2.18. The Kier molecular flexibility index (Phi) is 5.19. The van der Waals surface area contributed by atoms with Gasteiger partial charge in [-0.25, -0.2) is 0 Å². The van der Waals surface area contributed by atoms with Crippen LogP contribution in [0.25, 0.3) is 6.08 Å². The smallest absolute Gasteiger partial charge is 0.197 e. The highest BCUT2D eigenvalue weighted by Gasteiger charge is 2.33. The Morgan fingerprint density at radius 2 is 1.26 bits per heavy atom. The number of fused-ring (bicyclic) bond motifs is 1. The van der Waals surface area contributed by atoms with E-state index in [0.717, 1.165) is 28.9 Å². The third-order valence-electron chi connectivity index (χ3n) is 6.58. The highest BCUT2D eigenvalue weighted by Crippen LogP contribution is 2.37. The van der Waals surface area contributed by atoms with Gasteiger partial charge in [-0.05, 0) is 34.9 Å². The fourth-order valence-electron chi connectivity index (χ4n) is 4.78. The Labute approximate surface area is 203 Å². The van der Waals surface area contributed by atoms with Crippen LogP contribution in [0.5, 0.6) is 0 Å². The Balaban J connectivity index is 1.33. The number of carbonyl (C=O) groups excluding carboxylic acids is 2. The zero-order valence-corrected chi connectivity index (χ0v) is 19.0. The molecule has 4 nitrogen and oxygen atoms in total. The van der Waals surface area contributed by atoms with Crippen LogP contribution in [0.1, 0.15) is 49.9 Å². The molecule has 0 saturated carbocycles. The summed E-state index contributed by atoms with van der Waals surface area (Å²) in [4.78, 5) is 25.5. The maximum absolute atomic E-state index is 12.7. The summed E-state index contributed by atoms with van der Waals surface area (Å²) in [6.07, 6.45) is 2.49. The number of hydrogen-bond acceptors (Lipinski definition) is 4. The van der Waals surface area contributed by atoms with Crippen molar-refractivity contribution in [3.63, 3.8) is 0 Å². The van der Waals surface area contributed by atoms with Gasteiger partial charge >= 0.3 is 0 Å². The van der Waals surface area contributed by atoms with Gasteiger partial charge in [-0.3, -0.25) is 14.6 Å². The third kappa shape index (κ3) is 3.79. The number of carbonyl (C=O) groups is 2. The zero-order chi connectivity index (χ0) is 23.8. The molecule has 2 aliphatic rings. The summed E-state index contributed by atoms with van der Waals surface area (Å²) in [5.41, 5.74) is 6.30. The molecule has 0 N–H and O–H groups in total. The van der Waals surface area contributed by atoms with Crippen LogP contribution in [0, 0.1) is 0 Å². The molecule has 35 heavy (non-hydrogen) atoms. The number of ketones is 2. The van der Waals surface area contributed by atoms with E-state index < -0.39 is 0 Å². The van der Waals surface area contributed by atoms with E-state index in [1.807, 2.05) is 48.5 Å². The number of hydrogen-bond donors (Lipinski definition) is 0. The molecule has 1 aliphatic carbocycles. The second-order valence-corrected chi connectivity index (χ2v) is 8.74. The van der Waals surface area contributed by atoms with Crippen molar-refractivity contribution in [3.8, 4) is 0 Å². The minimum absolute atomic E-state index is 0.0862. The first kappa shape index (κ1) is 21.0. The van der Waals surface area contributed by atoms with E-state index in [1.54, 1.807) is 30.3 Å². The van der Waals surface area contributed by atoms with Crippen LogP contribution in [0.15, 0.2) is 120 Å². The molecule has 0 aromatic heterocycles. The first-order valence-corrected chi connectivity index (χ1v) is 11.7. The molecular formula is C31H22N2O2.